The van der Waals surface area contributed by atoms with E-state index in [0.717, 1.165) is 35.6 Å². The Balaban J connectivity index is 2.05. The van der Waals surface area contributed by atoms with Gasteiger partial charge in [-0.15, -0.1) is 17.8 Å². The van der Waals surface area contributed by atoms with Crippen LogP contribution in [-0.2, 0) is 12.2 Å². The molecule has 2 heterocycles. The maximum atomic E-state index is 12.1. The zero-order chi connectivity index (χ0) is 13.0. The van der Waals surface area contributed by atoms with Gasteiger partial charge in [-0.25, -0.2) is 0 Å². The van der Waals surface area contributed by atoms with Crippen molar-refractivity contribution in [2.45, 2.75) is 38.0 Å². The molecule has 1 atom stereocenters. The van der Waals surface area contributed by atoms with Crippen LogP contribution in [0.1, 0.15) is 39.9 Å². The van der Waals surface area contributed by atoms with Crippen LogP contribution in [0.2, 0.25) is 0 Å². The second kappa shape index (κ2) is 6.31. The third-order valence-corrected chi connectivity index (χ3v) is 5.18. The van der Waals surface area contributed by atoms with Crippen molar-refractivity contribution < 1.29 is 4.79 Å². The number of hydrogen-bond acceptors (Lipinski definition) is 3. The summed E-state index contributed by atoms with van der Waals surface area (Å²) in [6, 6.07) is 1.89. The molecule has 0 aromatic carbocycles. The van der Waals surface area contributed by atoms with Crippen LogP contribution in [0, 0.1) is 12.3 Å². The number of carbonyl (C=O) groups excluding carboxylic acids is 1. The molecule has 1 unspecified atom stereocenters. The number of thioether (sulfide) groups is 1. The van der Waals surface area contributed by atoms with Gasteiger partial charge in [-0.05, 0) is 30.2 Å². The molecular weight excluding hydrogens is 262 g/mol. The first-order valence-corrected chi connectivity index (χ1v) is 8.18. The number of thiophene rings is 1. The number of aryl methyl sites for hydroxylation is 1. The quantitative estimate of drug-likeness (QED) is 0.858. The molecule has 0 radical (unpaired) electrons. The smallest absolute Gasteiger partial charge is 0.262 e. The molecule has 1 aromatic rings. The molecule has 0 bridgehead atoms. The number of rotatable bonds is 4. The maximum Gasteiger partial charge on any atom is 0.262 e. The van der Waals surface area contributed by atoms with Gasteiger partial charge in [0.2, 0.25) is 0 Å². The molecule has 2 rings (SSSR count). The van der Waals surface area contributed by atoms with Gasteiger partial charge in [-0.1, -0.05) is 19.3 Å². The maximum absolute atomic E-state index is 12.1. The summed E-state index contributed by atoms with van der Waals surface area (Å²) in [7, 11) is 0. The topological polar surface area (TPSA) is 29.1 Å². The van der Waals surface area contributed by atoms with Crippen LogP contribution in [0.3, 0.4) is 0 Å². The van der Waals surface area contributed by atoms with Crippen LogP contribution in [0.25, 0.3) is 0 Å². The Morgan fingerprint density at radius 3 is 3.17 bits per heavy atom. The summed E-state index contributed by atoms with van der Waals surface area (Å²) < 4.78 is 0. The van der Waals surface area contributed by atoms with Crippen molar-refractivity contribution in [1.82, 2.24) is 5.32 Å². The molecule has 1 aromatic heterocycles. The summed E-state index contributed by atoms with van der Waals surface area (Å²) in [5.41, 5.74) is 1.33. The minimum Gasteiger partial charge on any atom is -0.338 e. The van der Waals surface area contributed by atoms with Gasteiger partial charge in [0.15, 0.2) is 0 Å². The van der Waals surface area contributed by atoms with Crippen molar-refractivity contribution in [3.63, 3.8) is 0 Å². The van der Waals surface area contributed by atoms with E-state index >= 15 is 0 Å². The molecule has 0 saturated carbocycles. The van der Waals surface area contributed by atoms with E-state index < -0.39 is 0 Å². The minimum absolute atomic E-state index is 0.0178. The second-order valence-electron chi connectivity index (χ2n) is 4.34. The van der Waals surface area contributed by atoms with Crippen molar-refractivity contribution in [1.29, 1.82) is 0 Å². The largest absolute Gasteiger partial charge is 0.338 e. The van der Waals surface area contributed by atoms with Gasteiger partial charge in [0.05, 0.1) is 10.9 Å². The Hall–Kier alpha value is -0.920. The average molecular weight is 279 g/mol. The molecule has 18 heavy (non-hydrogen) atoms. The summed E-state index contributed by atoms with van der Waals surface area (Å²) in [5.74, 6) is 4.81. The highest BCUT2D eigenvalue weighted by molar-refractivity contribution is 7.98. The molecule has 1 amide bonds. The van der Waals surface area contributed by atoms with Gasteiger partial charge in [-0.2, -0.15) is 11.8 Å². The Bertz CT molecular complexity index is 449. The highest BCUT2D eigenvalue weighted by Crippen LogP contribution is 2.31. The molecule has 1 aliphatic heterocycles. The fourth-order valence-electron chi connectivity index (χ4n) is 1.97. The highest BCUT2D eigenvalue weighted by atomic mass is 32.2. The van der Waals surface area contributed by atoms with Crippen LogP contribution in [0.15, 0.2) is 6.07 Å². The number of carbonyl (C=O) groups is 1. The average Bonchev–Trinajstić information content (AvgIpc) is 2.82. The predicted molar refractivity (Wildman–Crippen MR) is 79.2 cm³/mol. The first-order valence-electron chi connectivity index (χ1n) is 6.21. The minimum atomic E-state index is -0.143. The molecule has 1 N–H and O–H groups in total. The van der Waals surface area contributed by atoms with E-state index in [2.05, 4.69) is 18.2 Å². The number of amides is 1. The standard InChI is InChI=1S/C14H17NOS2/c1-3-5-11(4-2)15-14(16)13-8-10-9-17-7-6-12(10)18-13/h2,8,11H,3,5-7,9H2,1H3,(H,15,16). The first kappa shape index (κ1) is 13.5. The molecule has 0 saturated heterocycles. The molecule has 0 spiro atoms. The molecule has 1 aliphatic rings. The summed E-state index contributed by atoms with van der Waals surface area (Å²) in [6.45, 7) is 2.07. The van der Waals surface area contributed by atoms with Crippen LogP contribution in [0.4, 0.5) is 0 Å². The van der Waals surface area contributed by atoms with E-state index in [-0.39, 0.29) is 11.9 Å². The summed E-state index contributed by atoms with van der Waals surface area (Å²) in [5, 5.41) is 2.92. The molecule has 96 valence electrons. The van der Waals surface area contributed by atoms with E-state index in [1.165, 1.54) is 10.4 Å². The van der Waals surface area contributed by atoms with E-state index in [9.17, 15) is 4.79 Å². The van der Waals surface area contributed by atoms with Crippen LogP contribution < -0.4 is 5.32 Å². The Labute approximate surface area is 117 Å². The predicted octanol–water partition coefficient (Wildman–Crippen LogP) is 3.07. The zero-order valence-electron chi connectivity index (χ0n) is 10.5. The summed E-state index contributed by atoms with van der Waals surface area (Å²) in [4.78, 5) is 14.3. The van der Waals surface area contributed by atoms with Gasteiger partial charge in [-0.3, -0.25) is 4.79 Å². The summed E-state index contributed by atoms with van der Waals surface area (Å²) >= 11 is 3.55. The van der Waals surface area contributed by atoms with Gasteiger partial charge in [0.25, 0.3) is 5.91 Å². The van der Waals surface area contributed by atoms with Crippen molar-refractivity contribution in [3.05, 3.63) is 21.4 Å². The monoisotopic (exact) mass is 279 g/mol. The molecule has 4 heteroatoms. The highest BCUT2D eigenvalue weighted by Gasteiger charge is 2.18. The molecule has 0 fully saturated rings. The fraction of sp³-hybridized carbons (Fsp3) is 0.500. The number of hydrogen-bond donors (Lipinski definition) is 1. The second-order valence-corrected chi connectivity index (χ2v) is 6.58. The van der Waals surface area contributed by atoms with Gasteiger partial charge >= 0.3 is 0 Å². The first-order chi connectivity index (χ1) is 8.74. The SMILES string of the molecule is C#CC(CCC)NC(=O)c1cc2c(s1)CCSC2. The lowest BCUT2D eigenvalue weighted by molar-refractivity contribution is 0.0948. The Kier molecular flexibility index (Phi) is 4.73. The van der Waals surface area contributed by atoms with Crippen molar-refractivity contribution in [2.75, 3.05) is 5.75 Å². The molecule has 0 aliphatic carbocycles. The van der Waals surface area contributed by atoms with Crippen LogP contribution in [0.5, 0.6) is 0 Å². The number of terminal acetylenes is 1. The van der Waals surface area contributed by atoms with E-state index in [4.69, 9.17) is 6.42 Å². The van der Waals surface area contributed by atoms with Gasteiger partial charge in [0, 0.05) is 10.6 Å². The van der Waals surface area contributed by atoms with Crippen molar-refractivity contribution >= 4 is 29.0 Å². The third-order valence-electron chi connectivity index (χ3n) is 2.94. The van der Waals surface area contributed by atoms with E-state index in [0.29, 0.717) is 0 Å². The number of fused-ring (bicyclic) bond motifs is 1. The molecule has 2 nitrogen and oxygen atoms in total. The van der Waals surface area contributed by atoms with Crippen molar-refractivity contribution in [3.8, 4) is 12.3 Å². The van der Waals surface area contributed by atoms with Crippen LogP contribution >= 0.6 is 23.1 Å². The summed E-state index contributed by atoms with van der Waals surface area (Å²) in [6.07, 6.45) is 8.32. The van der Waals surface area contributed by atoms with Gasteiger partial charge in [0.1, 0.15) is 0 Å². The lowest BCUT2D eigenvalue weighted by Crippen LogP contribution is -2.33. The Morgan fingerprint density at radius 1 is 1.67 bits per heavy atom. The third kappa shape index (κ3) is 3.09. The fourth-order valence-corrected chi connectivity index (χ4v) is 4.25. The number of nitrogens with one attached hydrogen (secondary N) is 1. The normalized spacial score (nSPS) is 15.6. The van der Waals surface area contributed by atoms with E-state index in [1.807, 2.05) is 17.8 Å². The zero-order valence-corrected chi connectivity index (χ0v) is 12.1. The van der Waals surface area contributed by atoms with Gasteiger partial charge < -0.3 is 5.32 Å². The lowest BCUT2D eigenvalue weighted by Gasteiger charge is -2.10. The Morgan fingerprint density at radius 2 is 2.50 bits per heavy atom. The van der Waals surface area contributed by atoms with Crippen LogP contribution in [-0.4, -0.2) is 17.7 Å². The lowest BCUT2D eigenvalue weighted by atomic mass is 10.1. The van der Waals surface area contributed by atoms with Crippen molar-refractivity contribution in [2.24, 2.45) is 0 Å². The van der Waals surface area contributed by atoms with E-state index in [1.54, 1.807) is 11.3 Å². The molecular formula is C14H17NOS2.